The molecule has 1 atom stereocenters. The van der Waals surface area contributed by atoms with Crippen molar-refractivity contribution in [2.45, 2.75) is 44.8 Å². The van der Waals surface area contributed by atoms with Gasteiger partial charge in [0.05, 0.1) is 0 Å². The number of carbonyl (C=O) groups is 1. The summed E-state index contributed by atoms with van der Waals surface area (Å²) in [6.45, 7) is 1.49. The fourth-order valence-electron chi connectivity index (χ4n) is 4.13. The van der Waals surface area contributed by atoms with Gasteiger partial charge in [-0.25, -0.2) is 0 Å². The quantitative estimate of drug-likeness (QED) is 0.787. The number of carbonyl (C=O) groups excluding carboxylic acids is 1. The van der Waals surface area contributed by atoms with Crippen molar-refractivity contribution < 1.29 is 4.79 Å². The maximum atomic E-state index is 13.0. The molecule has 1 unspecified atom stereocenters. The van der Waals surface area contributed by atoms with E-state index in [-0.39, 0.29) is 12.1 Å². The van der Waals surface area contributed by atoms with Gasteiger partial charge < -0.3 is 4.90 Å². The Balaban J connectivity index is 1.49. The van der Waals surface area contributed by atoms with E-state index in [9.17, 15) is 4.79 Å². The highest BCUT2D eigenvalue weighted by atomic mass is 35.5. The molecule has 27 heavy (non-hydrogen) atoms. The summed E-state index contributed by atoms with van der Waals surface area (Å²) in [5.74, 6) is 0.226. The minimum atomic E-state index is 0.0281. The molecule has 1 N–H and O–H groups in total. The van der Waals surface area contributed by atoms with E-state index in [0.717, 1.165) is 49.4 Å². The molecule has 4 rings (SSSR count). The summed E-state index contributed by atoms with van der Waals surface area (Å²) < 4.78 is 0. The standard InChI is InChI=1S/C23H25ClN2O/c24-19-12-10-17(11-13-19)14-15-26-22(25-16-18-6-2-1-3-7-18)20-8-4-5-9-21(20)23(26)27/h1-3,6-7,10-13,22,25H,4-5,8-9,14-16H2. The van der Waals surface area contributed by atoms with Crippen molar-refractivity contribution in [3.05, 3.63) is 81.9 Å². The van der Waals surface area contributed by atoms with Gasteiger partial charge in [0.25, 0.3) is 5.91 Å². The van der Waals surface area contributed by atoms with E-state index < -0.39 is 0 Å². The summed E-state index contributed by atoms with van der Waals surface area (Å²) in [7, 11) is 0. The van der Waals surface area contributed by atoms with E-state index in [2.05, 4.69) is 29.6 Å². The number of nitrogens with zero attached hydrogens (tertiary/aromatic N) is 1. The van der Waals surface area contributed by atoms with Gasteiger partial charge in [0.1, 0.15) is 6.17 Å². The van der Waals surface area contributed by atoms with Gasteiger partial charge in [-0.1, -0.05) is 54.1 Å². The second-order valence-corrected chi connectivity index (χ2v) is 7.79. The zero-order valence-electron chi connectivity index (χ0n) is 15.5. The number of rotatable bonds is 6. The first kappa shape index (κ1) is 18.3. The lowest BCUT2D eigenvalue weighted by Gasteiger charge is -2.28. The first-order valence-electron chi connectivity index (χ1n) is 9.77. The molecule has 0 radical (unpaired) electrons. The Morgan fingerprint density at radius 3 is 2.48 bits per heavy atom. The average Bonchev–Trinajstić information content (AvgIpc) is 2.98. The molecule has 2 aliphatic rings. The monoisotopic (exact) mass is 380 g/mol. The van der Waals surface area contributed by atoms with E-state index in [1.54, 1.807) is 0 Å². The van der Waals surface area contributed by atoms with Gasteiger partial charge >= 0.3 is 0 Å². The predicted octanol–water partition coefficient (Wildman–Crippen LogP) is 4.71. The Hall–Kier alpha value is -2.10. The zero-order valence-corrected chi connectivity index (χ0v) is 16.2. The lowest BCUT2D eigenvalue weighted by Crippen LogP contribution is -2.46. The third-order valence-electron chi connectivity index (χ3n) is 5.57. The van der Waals surface area contributed by atoms with E-state index in [0.29, 0.717) is 0 Å². The molecule has 0 saturated carbocycles. The van der Waals surface area contributed by atoms with Crippen LogP contribution in [0.25, 0.3) is 0 Å². The van der Waals surface area contributed by atoms with Crippen LogP contribution in [0.15, 0.2) is 65.7 Å². The summed E-state index contributed by atoms with van der Waals surface area (Å²) >= 11 is 5.99. The highest BCUT2D eigenvalue weighted by Crippen LogP contribution is 2.35. The van der Waals surface area contributed by atoms with Gasteiger partial charge in [0.15, 0.2) is 0 Å². The van der Waals surface area contributed by atoms with Crippen LogP contribution in [0.3, 0.4) is 0 Å². The van der Waals surface area contributed by atoms with Crippen LogP contribution in [0.1, 0.15) is 36.8 Å². The van der Waals surface area contributed by atoms with Crippen LogP contribution in [0.2, 0.25) is 5.02 Å². The van der Waals surface area contributed by atoms with Crippen LogP contribution in [0.4, 0.5) is 0 Å². The minimum Gasteiger partial charge on any atom is -0.319 e. The molecule has 1 aliphatic heterocycles. The molecule has 1 aliphatic carbocycles. The third kappa shape index (κ3) is 4.10. The van der Waals surface area contributed by atoms with Crippen LogP contribution >= 0.6 is 11.6 Å². The molecule has 0 bridgehead atoms. The topological polar surface area (TPSA) is 32.3 Å². The highest BCUT2D eigenvalue weighted by Gasteiger charge is 2.38. The van der Waals surface area contributed by atoms with E-state index in [4.69, 9.17) is 11.6 Å². The lowest BCUT2D eigenvalue weighted by atomic mass is 9.92. The largest absolute Gasteiger partial charge is 0.319 e. The van der Waals surface area contributed by atoms with E-state index >= 15 is 0 Å². The zero-order chi connectivity index (χ0) is 18.6. The first-order valence-corrected chi connectivity index (χ1v) is 10.1. The van der Waals surface area contributed by atoms with Crippen molar-refractivity contribution in [3.8, 4) is 0 Å². The molecule has 2 aromatic carbocycles. The van der Waals surface area contributed by atoms with E-state index in [1.165, 1.54) is 23.1 Å². The molecule has 3 nitrogen and oxygen atoms in total. The molecule has 4 heteroatoms. The molecule has 0 fully saturated rings. The number of hydrogen-bond donors (Lipinski definition) is 1. The highest BCUT2D eigenvalue weighted by molar-refractivity contribution is 6.30. The molecule has 2 aromatic rings. The molecule has 1 amide bonds. The van der Waals surface area contributed by atoms with E-state index in [1.807, 2.05) is 35.2 Å². The maximum Gasteiger partial charge on any atom is 0.251 e. The van der Waals surface area contributed by atoms with Crippen molar-refractivity contribution in [2.24, 2.45) is 0 Å². The van der Waals surface area contributed by atoms with Gasteiger partial charge in [-0.3, -0.25) is 10.1 Å². The minimum absolute atomic E-state index is 0.0281. The van der Waals surface area contributed by atoms with Crippen molar-refractivity contribution in [2.75, 3.05) is 6.54 Å². The smallest absolute Gasteiger partial charge is 0.251 e. The maximum absolute atomic E-state index is 13.0. The summed E-state index contributed by atoms with van der Waals surface area (Å²) in [5.41, 5.74) is 4.83. The third-order valence-corrected chi connectivity index (χ3v) is 5.82. The van der Waals surface area contributed by atoms with Gasteiger partial charge in [-0.2, -0.15) is 0 Å². The number of nitrogens with one attached hydrogen (secondary N) is 1. The van der Waals surface area contributed by atoms with Crippen LogP contribution in [-0.4, -0.2) is 23.5 Å². The number of halogens is 1. The van der Waals surface area contributed by atoms with Crippen molar-refractivity contribution in [3.63, 3.8) is 0 Å². The summed E-state index contributed by atoms with van der Waals surface area (Å²) in [4.78, 5) is 15.1. The molecule has 0 aromatic heterocycles. The Morgan fingerprint density at radius 1 is 0.963 bits per heavy atom. The van der Waals surface area contributed by atoms with Crippen molar-refractivity contribution in [1.82, 2.24) is 10.2 Å². The fourth-order valence-corrected chi connectivity index (χ4v) is 4.25. The van der Waals surface area contributed by atoms with Gasteiger partial charge in [-0.05, 0) is 60.9 Å². The normalized spacial score (nSPS) is 19.5. The summed E-state index contributed by atoms with van der Waals surface area (Å²) in [6, 6.07) is 18.3. The molecule has 1 heterocycles. The van der Waals surface area contributed by atoms with Crippen molar-refractivity contribution in [1.29, 1.82) is 0 Å². The number of hydrogen-bond acceptors (Lipinski definition) is 2. The van der Waals surface area contributed by atoms with Crippen LogP contribution in [0, 0.1) is 0 Å². The Labute approximate surface area is 166 Å². The predicted molar refractivity (Wildman–Crippen MR) is 109 cm³/mol. The van der Waals surface area contributed by atoms with Gasteiger partial charge in [0, 0.05) is 23.7 Å². The van der Waals surface area contributed by atoms with Crippen molar-refractivity contribution >= 4 is 17.5 Å². The molecular formula is C23H25ClN2O. The molecule has 0 saturated heterocycles. The van der Waals surface area contributed by atoms with Crippen LogP contribution in [-0.2, 0) is 17.8 Å². The summed E-state index contributed by atoms with van der Waals surface area (Å²) in [5, 5.41) is 4.39. The fraction of sp³-hybridized carbons (Fsp3) is 0.348. The Bertz CT molecular complexity index is 829. The van der Waals surface area contributed by atoms with Crippen LogP contribution in [0.5, 0.6) is 0 Å². The average molecular weight is 381 g/mol. The molecule has 0 spiro atoms. The summed E-state index contributed by atoms with van der Waals surface area (Å²) in [6.07, 6.45) is 5.13. The number of amides is 1. The van der Waals surface area contributed by atoms with Crippen LogP contribution < -0.4 is 5.32 Å². The second-order valence-electron chi connectivity index (χ2n) is 7.35. The first-order chi connectivity index (χ1) is 13.2. The van der Waals surface area contributed by atoms with Gasteiger partial charge in [-0.15, -0.1) is 0 Å². The second kappa shape index (κ2) is 8.28. The van der Waals surface area contributed by atoms with Gasteiger partial charge in [0.2, 0.25) is 0 Å². The SMILES string of the molecule is O=C1C2=C(CCCC2)C(NCc2ccccc2)N1CCc1ccc(Cl)cc1. The number of benzene rings is 2. The molecular weight excluding hydrogens is 356 g/mol. The lowest BCUT2D eigenvalue weighted by molar-refractivity contribution is -0.127. The molecule has 140 valence electrons. The Kier molecular flexibility index (Phi) is 5.61. The Morgan fingerprint density at radius 2 is 1.70 bits per heavy atom.